The fourth-order valence-electron chi connectivity index (χ4n) is 4.12. The van der Waals surface area contributed by atoms with E-state index in [1.807, 2.05) is 30.3 Å². The van der Waals surface area contributed by atoms with Crippen LogP contribution in [0.3, 0.4) is 0 Å². The zero-order valence-electron chi connectivity index (χ0n) is 16.2. The molecule has 0 aliphatic carbocycles. The van der Waals surface area contributed by atoms with Crippen LogP contribution in [0.25, 0.3) is 0 Å². The van der Waals surface area contributed by atoms with E-state index in [2.05, 4.69) is 14.9 Å². The number of piperidine rings is 1. The maximum absolute atomic E-state index is 13.2. The summed E-state index contributed by atoms with van der Waals surface area (Å²) in [5, 5.41) is 9.78. The summed E-state index contributed by atoms with van der Waals surface area (Å²) in [5.41, 5.74) is 0.882. The molecule has 2 aliphatic rings. The predicted octanol–water partition coefficient (Wildman–Crippen LogP) is 0.809. The van der Waals surface area contributed by atoms with Crippen LogP contribution in [0.5, 0.6) is 0 Å². The zero-order valence-corrected chi connectivity index (χ0v) is 16.2. The topological polar surface area (TPSA) is 98.8 Å². The molecule has 0 spiro atoms. The number of aromatic nitrogens is 2. The van der Waals surface area contributed by atoms with Crippen LogP contribution >= 0.6 is 0 Å². The second-order valence-electron chi connectivity index (χ2n) is 7.59. The van der Waals surface area contributed by atoms with E-state index < -0.39 is 0 Å². The van der Waals surface area contributed by atoms with Crippen molar-refractivity contribution in [2.24, 2.45) is 0 Å². The number of hydrogen-bond acceptors (Lipinski definition) is 6. The first-order valence-electron chi connectivity index (χ1n) is 10.0. The van der Waals surface area contributed by atoms with Gasteiger partial charge in [-0.15, -0.1) is 0 Å². The third kappa shape index (κ3) is 4.55. The summed E-state index contributed by atoms with van der Waals surface area (Å²) in [5.74, 6) is -0.225. The number of nitrogens with zero attached hydrogens (tertiary/aromatic N) is 3. The van der Waals surface area contributed by atoms with Crippen LogP contribution in [0.2, 0.25) is 0 Å². The first-order chi connectivity index (χ1) is 14.1. The van der Waals surface area contributed by atoms with Gasteiger partial charge in [-0.05, 0) is 18.4 Å². The van der Waals surface area contributed by atoms with E-state index in [4.69, 9.17) is 4.74 Å². The smallest absolute Gasteiger partial charge is 0.274 e. The van der Waals surface area contributed by atoms with E-state index in [1.54, 1.807) is 4.90 Å². The van der Waals surface area contributed by atoms with E-state index in [0.29, 0.717) is 19.7 Å². The number of hydrogen-bond donors (Lipinski definition) is 2. The third-order valence-electron chi connectivity index (χ3n) is 5.64. The van der Waals surface area contributed by atoms with Crippen molar-refractivity contribution in [2.75, 3.05) is 32.8 Å². The molecule has 8 nitrogen and oxygen atoms in total. The molecule has 3 heterocycles. The van der Waals surface area contributed by atoms with Crippen molar-refractivity contribution >= 4 is 5.91 Å². The monoisotopic (exact) mass is 398 g/mol. The molecule has 4 rings (SSSR count). The van der Waals surface area contributed by atoms with Crippen LogP contribution in [0, 0.1) is 0 Å². The number of aliphatic hydroxyl groups is 1. The average Bonchev–Trinajstić information content (AvgIpc) is 2.76. The van der Waals surface area contributed by atoms with E-state index >= 15 is 0 Å². The molecule has 2 N–H and O–H groups in total. The zero-order chi connectivity index (χ0) is 20.2. The van der Waals surface area contributed by atoms with E-state index in [1.165, 1.54) is 6.20 Å². The molecule has 29 heavy (non-hydrogen) atoms. The Balaban J connectivity index is 1.60. The third-order valence-corrected chi connectivity index (χ3v) is 5.64. The second kappa shape index (κ2) is 8.86. The van der Waals surface area contributed by atoms with Crippen LogP contribution in [0.4, 0.5) is 0 Å². The summed E-state index contributed by atoms with van der Waals surface area (Å²) in [4.78, 5) is 35.2. The maximum atomic E-state index is 13.2. The van der Waals surface area contributed by atoms with E-state index in [9.17, 15) is 14.7 Å². The van der Waals surface area contributed by atoms with Crippen LogP contribution < -0.4 is 5.56 Å². The van der Waals surface area contributed by atoms with Gasteiger partial charge in [-0.1, -0.05) is 30.3 Å². The van der Waals surface area contributed by atoms with Gasteiger partial charge >= 0.3 is 0 Å². The molecule has 2 aromatic rings. The molecule has 1 aromatic carbocycles. The van der Waals surface area contributed by atoms with E-state index in [0.717, 1.165) is 37.7 Å². The lowest BCUT2D eigenvalue weighted by Gasteiger charge is -2.43. The molecule has 8 heteroatoms. The molecule has 2 saturated heterocycles. The molecular formula is C21H26N4O4. The summed E-state index contributed by atoms with van der Waals surface area (Å²) in [6.45, 7) is 3.22. The number of nitrogens with one attached hydrogen (secondary N) is 1. The molecule has 2 fully saturated rings. The van der Waals surface area contributed by atoms with Gasteiger partial charge < -0.3 is 24.6 Å². The van der Waals surface area contributed by atoms with Crippen molar-refractivity contribution in [3.8, 4) is 0 Å². The first kappa shape index (κ1) is 19.8. The number of H-pyrrole nitrogens is 1. The highest BCUT2D eigenvalue weighted by atomic mass is 16.5. The summed E-state index contributed by atoms with van der Waals surface area (Å²) < 4.78 is 6.13. The lowest BCUT2D eigenvalue weighted by molar-refractivity contribution is -0.0772. The predicted molar refractivity (Wildman–Crippen MR) is 106 cm³/mol. The Morgan fingerprint density at radius 2 is 1.97 bits per heavy atom. The summed E-state index contributed by atoms with van der Waals surface area (Å²) in [6, 6.07) is 9.63. The maximum Gasteiger partial charge on any atom is 0.274 e. The number of carbonyl (C=O) groups excluding carboxylic acids is 1. The van der Waals surface area contributed by atoms with Crippen LogP contribution in [-0.4, -0.2) is 75.8 Å². The Kier molecular flexibility index (Phi) is 6.03. The van der Waals surface area contributed by atoms with Gasteiger partial charge in [-0.3, -0.25) is 9.59 Å². The van der Waals surface area contributed by atoms with Gasteiger partial charge in [-0.2, -0.15) is 0 Å². The Morgan fingerprint density at radius 3 is 2.66 bits per heavy atom. The molecule has 0 radical (unpaired) electrons. The van der Waals surface area contributed by atoms with Gasteiger partial charge in [-0.25, -0.2) is 4.98 Å². The standard InChI is InChI=1S/C21H26N4O4/c26-16-6-8-24(9-7-16)14-18-20(15-4-2-1-3-5-15)25(10-11-29-18)21(28)17-12-23-19(27)13-22-17/h1-5,12-13,16,18,20,26H,6-11,14H2,(H,23,27)/t18-,20-/m0/s1. The van der Waals surface area contributed by atoms with Gasteiger partial charge in [0.15, 0.2) is 0 Å². The van der Waals surface area contributed by atoms with Crippen molar-refractivity contribution in [2.45, 2.75) is 31.1 Å². The summed E-state index contributed by atoms with van der Waals surface area (Å²) in [7, 11) is 0. The van der Waals surface area contributed by atoms with Crippen LogP contribution in [-0.2, 0) is 4.74 Å². The van der Waals surface area contributed by atoms with E-state index in [-0.39, 0.29) is 35.4 Å². The Hall–Kier alpha value is -2.55. The number of aliphatic hydroxyl groups excluding tert-OH is 1. The van der Waals surface area contributed by atoms with Crippen molar-refractivity contribution in [3.63, 3.8) is 0 Å². The number of morpholine rings is 1. The van der Waals surface area contributed by atoms with Crippen molar-refractivity contribution in [1.29, 1.82) is 0 Å². The number of ether oxygens (including phenoxy) is 1. The normalized spacial score (nSPS) is 23.8. The SMILES string of the molecule is O=C(c1c[nH]c(=O)cn1)N1CCO[C@@H](CN2CCC(O)CC2)[C@@H]1c1ccccc1. The number of benzene rings is 1. The number of likely N-dealkylation sites (tertiary alicyclic amines) is 1. The molecule has 0 bridgehead atoms. The quantitative estimate of drug-likeness (QED) is 0.791. The minimum atomic E-state index is -0.340. The van der Waals surface area contributed by atoms with Gasteiger partial charge in [0.05, 0.1) is 31.1 Å². The molecule has 154 valence electrons. The molecule has 1 amide bonds. The highest BCUT2D eigenvalue weighted by Gasteiger charge is 2.38. The van der Waals surface area contributed by atoms with Gasteiger partial charge in [0.2, 0.25) is 0 Å². The number of carbonyl (C=O) groups is 1. The molecular weight excluding hydrogens is 372 g/mol. The Morgan fingerprint density at radius 1 is 1.21 bits per heavy atom. The Bertz CT molecular complexity index is 859. The van der Waals surface area contributed by atoms with Crippen molar-refractivity contribution < 1.29 is 14.6 Å². The lowest BCUT2D eigenvalue weighted by atomic mass is 9.96. The molecule has 2 atom stereocenters. The number of rotatable bonds is 4. The average molecular weight is 398 g/mol. The lowest BCUT2D eigenvalue weighted by Crippen LogP contribution is -2.53. The molecule has 0 unspecified atom stereocenters. The highest BCUT2D eigenvalue weighted by molar-refractivity contribution is 5.92. The minimum Gasteiger partial charge on any atom is -0.393 e. The molecule has 1 aromatic heterocycles. The largest absolute Gasteiger partial charge is 0.393 e. The fourth-order valence-corrected chi connectivity index (χ4v) is 4.12. The van der Waals surface area contributed by atoms with Gasteiger partial charge in [0.25, 0.3) is 11.5 Å². The van der Waals surface area contributed by atoms with Crippen molar-refractivity contribution in [3.05, 3.63) is 64.3 Å². The second-order valence-corrected chi connectivity index (χ2v) is 7.59. The fraction of sp³-hybridized carbons (Fsp3) is 0.476. The molecule has 0 saturated carbocycles. The van der Waals surface area contributed by atoms with Gasteiger partial charge in [0.1, 0.15) is 5.69 Å². The number of amides is 1. The van der Waals surface area contributed by atoms with Crippen LogP contribution in [0.1, 0.15) is 34.9 Å². The number of aromatic amines is 1. The minimum absolute atomic E-state index is 0.187. The Labute approximate surface area is 169 Å². The first-order valence-corrected chi connectivity index (χ1v) is 10.0. The van der Waals surface area contributed by atoms with Gasteiger partial charge in [0, 0.05) is 32.4 Å². The summed E-state index contributed by atoms with van der Waals surface area (Å²) in [6.07, 6.45) is 3.59. The highest BCUT2D eigenvalue weighted by Crippen LogP contribution is 2.31. The molecule has 2 aliphatic heterocycles. The van der Waals surface area contributed by atoms with Crippen LogP contribution in [0.15, 0.2) is 47.5 Å². The summed E-state index contributed by atoms with van der Waals surface area (Å²) >= 11 is 0. The van der Waals surface area contributed by atoms with Crippen molar-refractivity contribution in [1.82, 2.24) is 19.8 Å².